The molecule has 3 atom stereocenters. The van der Waals surface area contributed by atoms with E-state index in [0.717, 1.165) is 37.7 Å². The second-order valence-corrected chi connectivity index (χ2v) is 8.89. The predicted octanol–water partition coefficient (Wildman–Crippen LogP) is 3.58. The summed E-state index contributed by atoms with van der Waals surface area (Å²) in [5, 5.41) is 19.3. The second-order valence-electron chi connectivity index (χ2n) is 7.91. The molecule has 0 aliphatic carbocycles. The third kappa shape index (κ3) is 7.61. The summed E-state index contributed by atoms with van der Waals surface area (Å²) in [5.74, 6) is 0.735. The van der Waals surface area contributed by atoms with Crippen LogP contribution in [0.25, 0.3) is 0 Å². The fraction of sp³-hybridized carbons (Fsp3) is 0.542. The van der Waals surface area contributed by atoms with Gasteiger partial charge in [0.1, 0.15) is 0 Å². The van der Waals surface area contributed by atoms with Crippen molar-refractivity contribution in [2.24, 2.45) is 4.99 Å². The first-order valence-corrected chi connectivity index (χ1v) is 12.2. The van der Waals surface area contributed by atoms with Crippen molar-refractivity contribution >= 4 is 17.3 Å². The van der Waals surface area contributed by atoms with E-state index in [1.54, 1.807) is 0 Å². The van der Waals surface area contributed by atoms with Crippen LogP contribution in [0.15, 0.2) is 52.8 Å². The van der Waals surface area contributed by atoms with E-state index in [-0.39, 0.29) is 12.7 Å². The van der Waals surface area contributed by atoms with Gasteiger partial charge in [0.25, 0.3) is 0 Å². The molecule has 0 amide bonds. The van der Waals surface area contributed by atoms with E-state index in [9.17, 15) is 5.11 Å². The van der Waals surface area contributed by atoms with E-state index in [4.69, 9.17) is 4.74 Å². The lowest BCUT2D eigenvalue weighted by atomic mass is 10.1. The predicted molar refractivity (Wildman–Crippen MR) is 129 cm³/mol. The van der Waals surface area contributed by atoms with Crippen molar-refractivity contribution in [2.75, 3.05) is 39.3 Å². The van der Waals surface area contributed by atoms with Crippen molar-refractivity contribution in [2.45, 2.75) is 44.9 Å². The number of thiophene rings is 1. The van der Waals surface area contributed by atoms with Gasteiger partial charge >= 0.3 is 0 Å². The molecule has 1 aliphatic rings. The van der Waals surface area contributed by atoms with Gasteiger partial charge in [-0.05, 0) is 56.8 Å². The summed E-state index contributed by atoms with van der Waals surface area (Å²) in [6.07, 6.45) is 1.83. The van der Waals surface area contributed by atoms with Crippen molar-refractivity contribution in [3.8, 4) is 0 Å². The average molecular weight is 445 g/mol. The number of nitrogens with one attached hydrogen (secondary N) is 2. The Hall–Kier alpha value is -1.93. The number of aliphatic hydroxyl groups excluding tert-OH is 1. The topological polar surface area (TPSA) is 69.1 Å². The largest absolute Gasteiger partial charge is 0.389 e. The van der Waals surface area contributed by atoms with Gasteiger partial charge in [0.2, 0.25) is 0 Å². The molecular weight excluding hydrogens is 408 g/mol. The van der Waals surface area contributed by atoms with Gasteiger partial charge < -0.3 is 20.5 Å². The first kappa shape index (κ1) is 23.7. The van der Waals surface area contributed by atoms with Crippen molar-refractivity contribution in [3.63, 3.8) is 0 Å². The number of ether oxygens (including phenoxy) is 1. The number of rotatable bonds is 11. The van der Waals surface area contributed by atoms with Crippen LogP contribution in [-0.2, 0) is 4.74 Å². The molecule has 0 spiro atoms. The molecule has 3 unspecified atom stereocenters. The molecule has 0 radical (unpaired) electrons. The molecule has 1 fully saturated rings. The van der Waals surface area contributed by atoms with Crippen LogP contribution in [0.1, 0.15) is 49.3 Å². The molecule has 0 saturated carbocycles. The van der Waals surface area contributed by atoms with Gasteiger partial charge in [-0.2, -0.15) is 0 Å². The average Bonchev–Trinajstić information content (AvgIpc) is 3.51. The maximum Gasteiger partial charge on any atom is 0.191 e. The molecule has 2 heterocycles. The highest BCUT2D eigenvalue weighted by molar-refractivity contribution is 7.10. The van der Waals surface area contributed by atoms with Crippen LogP contribution in [-0.4, -0.2) is 61.4 Å². The van der Waals surface area contributed by atoms with E-state index >= 15 is 0 Å². The molecule has 31 heavy (non-hydrogen) atoms. The Kier molecular flexibility index (Phi) is 9.81. The van der Waals surface area contributed by atoms with Gasteiger partial charge in [0, 0.05) is 18.0 Å². The van der Waals surface area contributed by atoms with Gasteiger partial charge in [0.05, 0.1) is 31.4 Å². The van der Waals surface area contributed by atoms with E-state index in [1.807, 2.05) is 48.6 Å². The van der Waals surface area contributed by atoms with Crippen molar-refractivity contribution in [1.29, 1.82) is 0 Å². The van der Waals surface area contributed by atoms with Crippen LogP contribution in [0.2, 0.25) is 0 Å². The first-order valence-electron chi connectivity index (χ1n) is 11.3. The molecule has 1 aromatic carbocycles. The number of aliphatic imine (C=N–C) groups is 1. The summed E-state index contributed by atoms with van der Waals surface area (Å²) in [6.45, 7) is 8.46. The molecule has 0 bridgehead atoms. The fourth-order valence-electron chi connectivity index (χ4n) is 3.80. The zero-order valence-electron chi connectivity index (χ0n) is 18.7. The van der Waals surface area contributed by atoms with Crippen molar-refractivity contribution in [3.05, 3.63) is 58.3 Å². The van der Waals surface area contributed by atoms with Crippen LogP contribution >= 0.6 is 11.3 Å². The number of aliphatic hydroxyl groups is 1. The van der Waals surface area contributed by atoms with Crippen LogP contribution in [0.4, 0.5) is 0 Å². The van der Waals surface area contributed by atoms with E-state index < -0.39 is 6.10 Å². The number of likely N-dealkylation sites (tertiary alicyclic amines) is 1. The number of hydrogen-bond donors (Lipinski definition) is 3. The van der Waals surface area contributed by atoms with Crippen molar-refractivity contribution in [1.82, 2.24) is 15.5 Å². The molecule has 6 nitrogen and oxygen atoms in total. The normalized spacial score (nSPS) is 18.0. The van der Waals surface area contributed by atoms with Crippen LogP contribution in [0.5, 0.6) is 0 Å². The Bertz CT molecular complexity index is 763. The highest BCUT2D eigenvalue weighted by Gasteiger charge is 2.24. The Balaban J connectivity index is 1.50. The zero-order chi connectivity index (χ0) is 21.9. The minimum atomic E-state index is -0.645. The summed E-state index contributed by atoms with van der Waals surface area (Å²) in [6, 6.07) is 14.7. The zero-order valence-corrected chi connectivity index (χ0v) is 19.5. The lowest BCUT2D eigenvalue weighted by Crippen LogP contribution is -2.43. The molecule has 1 saturated heterocycles. The van der Waals surface area contributed by atoms with E-state index in [2.05, 4.69) is 45.0 Å². The Morgan fingerprint density at radius 2 is 1.94 bits per heavy atom. The molecular formula is C24H36N4O2S. The summed E-state index contributed by atoms with van der Waals surface area (Å²) >= 11 is 1.81. The number of benzene rings is 1. The molecule has 7 heteroatoms. The third-order valence-corrected chi connectivity index (χ3v) is 6.50. The minimum absolute atomic E-state index is 0.0572. The van der Waals surface area contributed by atoms with Gasteiger partial charge in [0.15, 0.2) is 5.96 Å². The maximum atomic E-state index is 10.4. The number of guanidine groups is 1. The summed E-state index contributed by atoms with van der Waals surface area (Å²) in [7, 11) is 0. The van der Waals surface area contributed by atoms with Crippen molar-refractivity contribution < 1.29 is 9.84 Å². The Labute approximate surface area is 190 Å². The van der Waals surface area contributed by atoms with E-state index in [0.29, 0.717) is 12.6 Å². The summed E-state index contributed by atoms with van der Waals surface area (Å²) in [4.78, 5) is 8.53. The second kappa shape index (κ2) is 12.8. The maximum absolute atomic E-state index is 10.4. The first-order chi connectivity index (χ1) is 15.2. The highest BCUT2D eigenvalue weighted by Crippen LogP contribution is 2.27. The molecule has 2 aromatic rings. The quantitative estimate of drug-likeness (QED) is 0.365. The monoisotopic (exact) mass is 444 g/mol. The number of hydrogen-bond acceptors (Lipinski definition) is 5. The highest BCUT2D eigenvalue weighted by atomic mass is 32.1. The lowest BCUT2D eigenvalue weighted by Gasteiger charge is -2.27. The van der Waals surface area contributed by atoms with Crippen LogP contribution in [0, 0.1) is 0 Å². The van der Waals surface area contributed by atoms with E-state index in [1.165, 1.54) is 17.7 Å². The lowest BCUT2D eigenvalue weighted by molar-refractivity contribution is 0.00111. The van der Waals surface area contributed by atoms with Crippen LogP contribution in [0.3, 0.4) is 0 Å². The smallest absolute Gasteiger partial charge is 0.191 e. The van der Waals surface area contributed by atoms with Crippen LogP contribution < -0.4 is 10.6 Å². The minimum Gasteiger partial charge on any atom is -0.389 e. The standard InChI is InChI=1S/C24H36N4O2S/c1-3-25-24(26-16-21(29)18-30-19(2)20-10-5-4-6-11-20)27-17-22(23-12-9-15-31-23)28-13-7-8-14-28/h4-6,9-12,15,19,21-22,29H,3,7-8,13-14,16-18H2,1-2H3,(H2,25,26,27). The fourth-order valence-corrected chi connectivity index (χ4v) is 4.66. The summed E-state index contributed by atoms with van der Waals surface area (Å²) in [5.41, 5.74) is 1.11. The van der Waals surface area contributed by atoms with Gasteiger partial charge in [-0.1, -0.05) is 36.4 Å². The Morgan fingerprint density at radius 1 is 1.16 bits per heavy atom. The molecule has 1 aromatic heterocycles. The Morgan fingerprint density at radius 3 is 2.61 bits per heavy atom. The SMILES string of the molecule is CCNC(=NCC(O)COC(C)c1ccccc1)NCC(c1cccs1)N1CCCC1. The van der Waals surface area contributed by atoms with Gasteiger partial charge in [-0.15, -0.1) is 11.3 Å². The molecule has 3 rings (SSSR count). The molecule has 3 N–H and O–H groups in total. The van der Waals surface area contributed by atoms with Gasteiger partial charge in [-0.25, -0.2) is 0 Å². The third-order valence-electron chi connectivity index (χ3n) is 5.53. The molecule has 170 valence electrons. The molecule has 1 aliphatic heterocycles. The number of nitrogens with zero attached hydrogens (tertiary/aromatic N) is 2. The van der Waals surface area contributed by atoms with Gasteiger partial charge in [-0.3, -0.25) is 9.89 Å². The summed E-state index contributed by atoms with van der Waals surface area (Å²) < 4.78 is 5.83.